The molecule has 0 unspecified atom stereocenters. The minimum atomic E-state index is -4.15. The second-order valence-electron chi connectivity index (χ2n) is 4.34. The van der Waals surface area contributed by atoms with Gasteiger partial charge >= 0.3 is 6.18 Å². The van der Waals surface area contributed by atoms with Crippen molar-refractivity contribution in [2.24, 2.45) is 5.73 Å². The predicted octanol–water partition coefficient (Wildman–Crippen LogP) is 2.14. The van der Waals surface area contributed by atoms with Gasteiger partial charge in [0, 0.05) is 13.0 Å². The maximum Gasteiger partial charge on any atom is 0.389 e. The minimum absolute atomic E-state index is 0. The number of hydrogen-bond donors (Lipinski definition) is 2. The molecule has 0 aromatic carbocycles. The molecule has 0 radical (unpaired) electrons. The molecule has 7 heteroatoms. The molecule has 1 rings (SSSR count). The molecule has 102 valence electrons. The largest absolute Gasteiger partial charge is 0.389 e. The van der Waals surface area contributed by atoms with E-state index >= 15 is 0 Å². The van der Waals surface area contributed by atoms with Crippen molar-refractivity contribution in [1.29, 1.82) is 0 Å². The highest BCUT2D eigenvalue weighted by Crippen LogP contribution is 2.27. The molecule has 0 saturated heterocycles. The number of nitrogens with two attached hydrogens (primary N) is 1. The van der Waals surface area contributed by atoms with Crippen LogP contribution in [0.25, 0.3) is 0 Å². The van der Waals surface area contributed by atoms with E-state index in [1.54, 1.807) is 0 Å². The van der Waals surface area contributed by atoms with Gasteiger partial charge in [-0.1, -0.05) is 12.8 Å². The number of carbonyl (C=O) groups excluding carboxylic acids is 1. The zero-order valence-corrected chi connectivity index (χ0v) is 10.3. The van der Waals surface area contributed by atoms with Crippen LogP contribution >= 0.6 is 12.4 Å². The second kappa shape index (κ2) is 6.44. The number of carbonyl (C=O) groups is 1. The van der Waals surface area contributed by atoms with Gasteiger partial charge in [0.15, 0.2) is 0 Å². The van der Waals surface area contributed by atoms with Gasteiger partial charge in [0.25, 0.3) is 0 Å². The molecule has 0 aliphatic heterocycles. The Balaban J connectivity index is 0.00000256. The van der Waals surface area contributed by atoms with Crippen LogP contribution in [0, 0.1) is 0 Å². The third kappa shape index (κ3) is 5.59. The highest BCUT2D eigenvalue weighted by Gasteiger charge is 2.36. The van der Waals surface area contributed by atoms with Gasteiger partial charge in [-0.25, -0.2) is 0 Å². The molecule has 0 aromatic heterocycles. The van der Waals surface area contributed by atoms with Crippen LogP contribution in [0.15, 0.2) is 0 Å². The van der Waals surface area contributed by atoms with Gasteiger partial charge in [-0.3, -0.25) is 4.79 Å². The van der Waals surface area contributed by atoms with Crippen LogP contribution in [0.4, 0.5) is 13.2 Å². The lowest BCUT2D eigenvalue weighted by Crippen LogP contribution is -2.52. The monoisotopic (exact) mass is 274 g/mol. The summed E-state index contributed by atoms with van der Waals surface area (Å²) < 4.78 is 35.5. The van der Waals surface area contributed by atoms with Crippen molar-refractivity contribution in [3.63, 3.8) is 0 Å². The Kier molecular flexibility index (Phi) is 6.26. The van der Waals surface area contributed by atoms with Crippen molar-refractivity contribution >= 4 is 18.3 Å². The van der Waals surface area contributed by atoms with Crippen molar-refractivity contribution < 1.29 is 18.0 Å². The van der Waals surface area contributed by atoms with Gasteiger partial charge in [-0.05, 0) is 19.3 Å². The van der Waals surface area contributed by atoms with Gasteiger partial charge < -0.3 is 11.1 Å². The summed E-state index contributed by atoms with van der Waals surface area (Å²) >= 11 is 0. The zero-order valence-electron chi connectivity index (χ0n) is 9.48. The maximum atomic E-state index is 11.8. The van der Waals surface area contributed by atoms with E-state index in [2.05, 4.69) is 5.32 Å². The molecule has 1 aliphatic rings. The van der Waals surface area contributed by atoms with Crippen LogP contribution in [-0.4, -0.2) is 24.2 Å². The van der Waals surface area contributed by atoms with E-state index in [4.69, 9.17) is 5.73 Å². The predicted molar refractivity (Wildman–Crippen MR) is 60.9 cm³/mol. The van der Waals surface area contributed by atoms with E-state index < -0.39 is 18.1 Å². The van der Waals surface area contributed by atoms with E-state index in [0.29, 0.717) is 12.8 Å². The lowest BCUT2D eigenvalue weighted by Gasteiger charge is -2.22. The maximum absolute atomic E-state index is 11.8. The first kappa shape index (κ1) is 16.5. The Bertz CT molecular complexity index is 252. The molecule has 1 fully saturated rings. The van der Waals surface area contributed by atoms with Crippen LogP contribution in [0.2, 0.25) is 0 Å². The Morgan fingerprint density at radius 2 is 1.82 bits per heavy atom. The first-order valence-corrected chi connectivity index (χ1v) is 5.47. The molecule has 3 N–H and O–H groups in total. The highest BCUT2D eigenvalue weighted by molar-refractivity contribution is 5.86. The summed E-state index contributed by atoms with van der Waals surface area (Å²) in [5.41, 5.74) is 4.99. The second-order valence-corrected chi connectivity index (χ2v) is 4.34. The van der Waals surface area contributed by atoms with Crippen molar-refractivity contribution in [3.05, 3.63) is 0 Å². The van der Waals surface area contributed by atoms with E-state index in [9.17, 15) is 18.0 Å². The quantitative estimate of drug-likeness (QED) is 0.772. The highest BCUT2D eigenvalue weighted by atomic mass is 35.5. The Morgan fingerprint density at radius 1 is 1.29 bits per heavy atom. The topological polar surface area (TPSA) is 55.1 Å². The van der Waals surface area contributed by atoms with Crippen molar-refractivity contribution in [2.45, 2.75) is 50.2 Å². The summed E-state index contributed by atoms with van der Waals surface area (Å²) in [5, 5.41) is 2.47. The van der Waals surface area contributed by atoms with E-state index in [-0.39, 0.29) is 31.3 Å². The molecule has 1 aliphatic carbocycles. The fourth-order valence-electron chi connectivity index (χ4n) is 1.90. The number of nitrogens with one attached hydrogen (secondary N) is 1. The lowest BCUT2D eigenvalue weighted by atomic mass is 9.98. The first-order valence-electron chi connectivity index (χ1n) is 5.47. The SMILES string of the molecule is Cl.NC1(C(=O)NCCCC(F)(F)F)CCCC1. The van der Waals surface area contributed by atoms with E-state index in [1.165, 1.54) is 0 Å². The van der Waals surface area contributed by atoms with E-state index in [1.807, 2.05) is 0 Å². The summed E-state index contributed by atoms with van der Waals surface area (Å²) in [4.78, 5) is 11.6. The van der Waals surface area contributed by atoms with Gasteiger partial charge in [0.1, 0.15) is 0 Å². The molecule has 1 saturated carbocycles. The third-order valence-corrected chi connectivity index (χ3v) is 2.87. The molecule has 3 nitrogen and oxygen atoms in total. The number of alkyl halides is 3. The molecule has 0 atom stereocenters. The van der Waals surface area contributed by atoms with Crippen LogP contribution in [0.5, 0.6) is 0 Å². The molecular weight excluding hydrogens is 257 g/mol. The minimum Gasteiger partial charge on any atom is -0.354 e. The fraction of sp³-hybridized carbons (Fsp3) is 0.900. The van der Waals surface area contributed by atoms with Gasteiger partial charge in [-0.15, -0.1) is 12.4 Å². The van der Waals surface area contributed by atoms with Gasteiger partial charge in [0.05, 0.1) is 5.54 Å². The number of hydrogen-bond acceptors (Lipinski definition) is 2. The summed E-state index contributed by atoms with van der Waals surface area (Å²) in [6.45, 7) is 0.0390. The lowest BCUT2D eigenvalue weighted by molar-refractivity contribution is -0.136. The first-order chi connectivity index (χ1) is 7.33. The summed E-state index contributed by atoms with van der Waals surface area (Å²) in [6.07, 6.45) is -2.05. The smallest absolute Gasteiger partial charge is 0.354 e. The normalized spacial score (nSPS) is 18.6. The van der Waals surface area contributed by atoms with Crippen molar-refractivity contribution in [1.82, 2.24) is 5.32 Å². The number of rotatable bonds is 4. The zero-order chi connectivity index (χ0) is 12.2. The van der Waals surface area contributed by atoms with Crippen molar-refractivity contribution in [3.8, 4) is 0 Å². The van der Waals surface area contributed by atoms with E-state index in [0.717, 1.165) is 12.8 Å². The van der Waals surface area contributed by atoms with Gasteiger partial charge in [0.2, 0.25) is 5.91 Å². The summed E-state index contributed by atoms with van der Waals surface area (Å²) in [7, 11) is 0. The number of halogens is 4. The molecule has 0 bridgehead atoms. The molecule has 0 spiro atoms. The van der Waals surface area contributed by atoms with Crippen LogP contribution in [0.1, 0.15) is 38.5 Å². The average Bonchev–Trinajstić information content (AvgIpc) is 2.59. The standard InChI is InChI=1S/C10H17F3N2O.ClH/c11-10(12,13)6-3-7-15-8(16)9(14)4-1-2-5-9;/h1-7,14H2,(H,15,16);1H. The van der Waals surface area contributed by atoms with Crippen LogP contribution in [-0.2, 0) is 4.79 Å². The summed E-state index contributed by atoms with van der Waals surface area (Å²) in [6, 6.07) is 0. The molecule has 17 heavy (non-hydrogen) atoms. The Hall–Kier alpha value is -0.490. The molecular formula is C10H18ClF3N2O. The van der Waals surface area contributed by atoms with Crippen LogP contribution in [0.3, 0.4) is 0 Å². The summed E-state index contributed by atoms with van der Waals surface area (Å²) in [5.74, 6) is -0.313. The molecule has 1 amide bonds. The van der Waals surface area contributed by atoms with Crippen LogP contribution < -0.4 is 11.1 Å². The Labute approximate surface area is 105 Å². The third-order valence-electron chi connectivity index (χ3n) is 2.87. The fourth-order valence-corrected chi connectivity index (χ4v) is 1.90. The molecule has 0 aromatic rings. The van der Waals surface area contributed by atoms with Crippen molar-refractivity contribution in [2.75, 3.05) is 6.54 Å². The van der Waals surface area contributed by atoms with Gasteiger partial charge in [-0.2, -0.15) is 13.2 Å². The Morgan fingerprint density at radius 3 is 2.29 bits per heavy atom. The molecule has 0 heterocycles. The number of amides is 1. The average molecular weight is 275 g/mol.